The van der Waals surface area contributed by atoms with Gasteiger partial charge in [0.2, 0.25) is 0 Å². The van der Waals surface area contributed by atoms with Crippen LogP contribution in [0.5, 0.6) is 0 Å². The zero-order valence-corrected chi connectivity index (χ0v) is 12.0. The SMILES string of the molecule is CCNc1cccc(CN2CCC(C(C)O)CC2)n1. The number of aliphatic hydroxyl groups is 1. The van der Waals surface area contributed by atoms with Crippen molar-refractivity contribution in [1.29, 1.82) is 0 Å². The Labute approximate surface area is 115 Å². The summed E-state index contributed by atoms with van der Waals surface area (Å²) in [5.74, 6) is 1.43. The van der Waals surface area contributed by atoms with Gasteiger partial charge in [-0.1, -0.05) is 6.07 Å². The minimum absolute atomic E-state index is 0.169. The maximum atomic E-state index is 9.61. The van der Waals surface area contributed by atoms with Crippen molar-refractivity contribution in [3.05, 3.63) is 23.9 Å². The van der Waals surface area contributed by atoms with Crippen LogP contribution < -0.4 is 5.32 Å². The van der Waals surface area contributed by atoms with Crippen LogP contribution in [0.3, 0.4) is 0 Å². The Bertz CT molecular complexity index is 387. The minimum atomic E-state index is -0.169. The van der Waals surface area contributed by atoms with Gasteiger partial charge in [0, 0.05) is 13.1 Å². The molecule has 1 unspecified atom stereocenters. The van der Waals surface area contributed by atoms with E-state index in [1.807, 2.05) is 13.0 Å². The molecule has 0 amide bonds. The third kappa shape index (κ3) is 4.18. The molecule has 4 heteroatoms. The number of hydrogen-bond acceptors (Lipinski definition) is 4. The molecule has 0 saturated carbocycles. The highest BCUT2D eigenvalue weighted by Gasteiger charge is 2.22. The Hall–Kier alpha value is -1.13. The van der Waals surface area contributed by atoms with E-state index >= 15 is 0 Å². The smallest absolute Gasteiger partial charge is 0.126 e. The number of hydrogen-bond donors (Lipinski definition) is 2. The number of pyridine rings is 1. The molecule has 1 atom stereocenters. The number of nitrogens with one attached hydrogen (secondary N) is 1. The van der Waals surface area contributed by atoms with E-state index in [9.17, 15) is 5.11 Å². The molecule has 4 nitrogen and oxygen atoms in total. The van der Waals surface area contributed by atoms with Gasteiger partial charge in [-0.25, -0.2) is 4.98 Å². The molecule has 19 heavy (non-hydrogen) atoms. The van der Waals surface area contributed by atoms with Gasteiger partial charge in [0.25, 0.3) is 0 Å². The van der Waals surface area contributed by atoms with Crippen LogP contribution in [0.1, 0.15) is 32.4 Å². The van der Waals surface area contributed by atoms with Gasteiger partial charge in [0.1, 0.15) is 5.82 Å². The van der Waals surface area contributed by atoms with Gasteiger partial charge in [0.05, 0.1) is 11.8 Å². The van der Waals surface area contributed by atoms with E-state index in [2.05, 4.69) is 34.3 Å². The van der Waals surface area contributed by atoms with Gasteiger partial charge in [-0.3, -0.25) is 4.90 Å². The lowest BCUT2D eigenvalue weighted by Gasteiger charge is -2.33. The van der Waals surface area contributed by atoms with Crippen molar-refractivity contribution in [2.75, 3.05) is 25.0 Å². The molecular weight excluding hydrogens is 238 g/mol. The molecule has 0 spiro atoms. The van der Waals surface area contributed by atoms with E-state index in [1.54, 1.807) is 0 Å². The zero-order chi connectivity index (χ0) is 13.7. The molecule has 2 heterocycles. The molecule has 106 valence electrons. The van der Waals surface area contributed by atoms with Crippen LogP contribution in [0.15, 0.2) is 18.2 Å². The summed E-state index contributed by atoms with van der Waals surface area (Å²) in [5, 5.41) is 12.9. The Kier molecular flexibility index (Phi) is 5.16. The van der Waals surface area contributed by atoms with Gasteiger partial charge in [-0.05, 0) is 57.8 Å². The fourth-order valence-corrected chi connectivity index (χ4v) is 2.67. The average molecular weight is 263 g/mol. The number of aromatic nitrogens is 1. The van der Waals surface area contributed by atoms with E-state index in [4.69, 9.17) is 0 Å². The number of piperidine rings is 1. The first-order chi connectivity index (χ1) is 9.19. The first-order valence-corrected chi connectivity index (χ1v) is 7.29. The van der Waals surface area contributed by atoms with Gasteiger partial charge >= 0.3 is 0 Å². The fraction of sp³-hybridized carbons (Fsp3) is 0.667. The predicted molar refractivity (Wildman–Crippen MR) is 78.1 cm³/mol. The average Bonchev–Trinajstić information content (AvgIpc) is 2.40. The highest BCUT2D eigenvalue weighted by atomic mass is 16.3. The lowest BCUT2D eigenvalue weighted by Crippen LogP contribution is -2.36. The third-order valence-electron chi connectivity index (χ3n) is 3.86. The van der Waals surface area contributed by atoms with E-state index in [0.717, 1.165) is 50.5 Å². The van der Waals surface area contributed by atoms with Crippen LogP contribution in [-0.2, 0) is 6.54 Å². The van der Waals surface area contributed by atoms with Crippen molar-refractivity contribution in [2.45, 2.75) is 39.3 Å². The molecule has 0 bridgehead atoms. The Morgan fingerprint density at radius 1 is 1.42 bits per heavy atom. The molecule has 0 aromatic carbocycles. The summed E-state index contributed by atoms with van der Waals surface area (Å²) >= 11 is 0. The molecule has 1 saturated heterocycles. The predicted octanol–water partition coefficient (Wildman–Crippen LogP) is 2.11. The van der Waals surface area contributed by atoms with Crippen molar-refractivity contribution < 1.29 is 5.11 Å². The number of rotatable bonds is 5. The Morgan fingerprint density at radius 2 is 2.16 bits per heavy atom. The molecule has 1 aliphatic heterocycles. The van der Waals surface area contributed by atoms with E-state index < -0.39 is 0 Å². The van der Waals surface area contributed by atoms with E-state index in [1.165, 1.54) is 0 Å². The fourth-order valence-electron chi connectivity index (χ4n) is 2.67. The molecule has 2 rings (SSSR count). The maximum Gasteiger partial charge on any atom is 0.126 e. The van der Waals surface area contributed by atoms with Crippen LogP contribution in [-0.4, -0.2) is 40.7 Å². The topological polar surface area (TPSA) is 48.4 Å². The highest BCUT2D eigenvalue weighted by molar-refractivity contribution is 5.34. The summed E-state index contributed by atoms with van der Waals surface area (Å²) in [6.07, 6.45) is 2.01. The second-order valence-electron chi connectivity index (χ2n) is 5.40. The van der Waals surface area contributed by atoms with Crippen molar-refractivity contribution in [3.8, 4) is 0 Å². The number of anilines is 1. The van der Waals surface area contributed by atoms with Crippen LogP contribution in [0.25, 0.3) is 0 Å². The van der Waals surface area contributed by atoms with Crippen LogP contribution in [0, 0.1) is 5.92 Å². The highest BCUT2D eigenvalue weighted by Crippen LogP contribution is 2.21. The largest absolute Gasteiger partial charge is 0.393 e. The minimum Gasteiger partial charge on any atom is -0.393 e. The van der Waals surface area contributed by atoms with Gasteiger partial charge < -0.3 is 10.4 Å². The van der Waals surface area contributed by atoms with Crippen molar-refractivity contribution in [2.24, 2.45) is 5.92 Å². The van der Waals surface area contributed by atoms with Crippen molar-refractivity contribution >= 4 is 5.82 Å². The summed E-state index contributed by atoms with van der Waals surface area (Å²) in [4.78, 5) is 7.04. The van der Waals surface area contributed by atoms with Crippen molar-refractivity contribution in [1.82, 2.24) is 9.88 Å². The Morgan fingerprint density at radius 3 is 2.79 bits per heavy atom. The molecule has 2 N–H and O–H groups in total. The van der Waals surface area contributed by atoms with E-state index in [-0.39, 0.29) is 6.10 Å². The zero-order valence-electron chi connectivity index (χ0n) is 12.0. The summed E-state index contributed by atoms with van der Waals surface area (Å²) in [5.41, 5.74) is 1.12. The van der Waals surface area contributed by atoms with Gasteiger partial charge in [-0.2, -0.15) is 0 Å². The quantitative estimate of drug-likeness (QED) is 0.854. The van der Waals surface area contributed by atoms with Crippen LogP contribution in [0.2, 0.25) is 0 Å². The first kappa shape index (κ1) is 14.3. The summed E-state index contributed by atoms with van der Waals surface area (Å²) < 4.78 is 0. The standard InChI is InChI=1S/C15H25N3O/c1-3-16-15-6-4-5-14(17-15)11-18-9-7-13(8-10-18)12(2)19/h4-6,12-13,19H,3,7-11H2,1-2H3,(H,16,17). The number of nitrogens with zero attached hydrogens (tertiary/aromatic N) is 2. The van der Waals surface area contributed by atoms with Gasteiger partial charge in [0.15, 0.2) is 0 Å². The summed E-state index contributed by atoms with van der Waals surface area (Å²) in [6, 6.07) is 6.15. The summed E-state index contributed by atoms with van der Waals surface area (Å²) in [7, 11) is 0. The lowest BCUT2D eigenvalue weighted by atomic mass is 9.92. The molecule has 0 radical (unpaired) electrons. The summed E-state index contributed by atoms with van der Waals surface area (Å²) in [6.45, 7) is 7.91. The van der Waals surface area contributed by atoms with Gasteiger partial charge in [-0.15, -0.1) is 0 Å². The molecular formula is C15H25N3O. The normalized spacial score (nSPS) is 19.3. The molecule has 1 aromatic heterocycles. The lowest BCUT2D eigenvalue weighted by molar-refractivity contribution is 0.0691. The molecule has 1 fully saturated rings. The molecule has 0 aliphatic carbocycles. The molecule has 1 aliphatic rings. The monoisotopic (exact) mass is 263 g/mol. The molecule has 1 aromatic rings. The number of likely N-dealkylation sites (tertiary alicyclic amines) is 1. The third-order valence-corrected chi connectivity index (χ3v) is 3.86. The van der Waals surface area contributed by atoms with E-state index in [0.29, 0.717) is 5.92 Å². The first-order valence-electron chi connectivity index (χ1n) is 7.29. The second kappa shape index (κ2) is 6.87. The number of aliphatic hydroxyl groups excluding tert-OH is 1. The maximum absolute atomic E-state index is 9.61. The van der Waals surface area contributed by atoms with Crippen LogP contribution in [0.4, 0.5) is 5.82 Å². The van der Waals surface area contributed by atoms with Crippen molar-refractivity contribution in [3.63, 3.8) is 0 Å². The van der Waals surface area contributed by atoms with Crippen LogP contribution >= 0.6 is 0 Å². The second-order valence-corrected chi connectivity index (χ2v) is 5.40. The Balaban J connectivity index is 1.86.